The predicted molar refractivity (Wildman–Crippen MR) is 121 cm³/mol. The second kappa shape index (κ2) is 10.1. The van der Waals surface area contributed by atoms with Gasteiger partial charge >= 0.3 is 5.97 Å². The summed E-state index contributed by atoms with van der Waals surface area (Å²) in [5.41, 5.74) is 3.13. The number of benzene rings is 2. The number of allylic oxidation sites excluding steroid dienone is 2. The van der Waals surface area contributed by atoms with Crippen LogP contribution in [-0.4, -0.2) is 22.5 Å². The molecule has 0 N–H and O–H groups in total. The average molecular weight is 471 g/mol. The molecule has 0 saturated heterocycles. The number of hydrogen-bond donors (Lipinski definition) is 0. The predicted octanol–water partition coefficient (Wildman–Crippen LogP) is 6.26. The summed E-state index contributed by atoms with van der Waals surface area (Å²) < 4.78 is 39.0. The molecular formula is C25H21ClF2N2O3. The minimum Gasteiger partial charge on any atom is -0.488 e. The van der Waals surface area contributed by atoms with Crippen LogP contribution in [0.25, 0.3) is 11.1 Å². The van der Waals surface area contributed by atoms with Crippen LogP contribution in [0.3, 0.4) is 0 Å². The molecule has 0 saturated carbocycles. The van der Waals surface area contributed by atoms with E-state index in [9.17, 15) is 13.6 Å². The molecule has 1 heterocycles. The number of ether oxygens (including phenoxy) is 2. The number of esters is 1. The Labute approximate surface area is 195 Å². The highest BCUT2D eigenvalue weighted by atomic mass is 35.5. The highest BCUT2D eigenvalue weighted by molar-refractivity contribution is 6.30. The molecule has 5 nitrogen and oxygen atoms in total. The van der Waals surface area contributed by atoms with Gasteiger partial charge < -0.3 is 9.47 Å². The average Bonchev–Trinajstić information content (AvgIpc) is 3.29. The zero-order valence-electron chi connectivity index (χ0n) is 17.9. The molecule has 2 aromatic carbocycles. The molecule has 0 aliphatic heterocycles. The van der Waals surface area contributed by atoms with Gasteiger partial charge in [-0.2, -0.15) is 0 Å². The zero-order valence-corrected chi connectivity index (χ0v) is 18.7. The minimum atomic E-state index is -0.669. The van der Waals surface area contributed by atoms with Gasteiger partial charge in [0.1, 0.15) is 24.0 Å². The van der Waals surface area contributed by atoms with Crippen molar-refractivity contribution in [2.75, 3.05) is 6.61 Å². The van der Waals surface area contributed by atoms with Crippen LogP contribution in [0.5, 0.6) is 5.75 Å². The molecule has 8 heteroatoms. The lowest BCUT2D eigenvalue weighted by Crippen LogP contribution is -2.09. The van der Waals surface area contributed by atoms with Crippen LogP contribution in [0.2, 0.25) is 5.02 Å². The number of rotatable bonds is 7. The van der Waals surface area contributed by atoms with Crippen molar-refractivity contribution in [3.8, 4) is 5.75 Å². The second-order valence-electron chi connectivity index (χ2n) is 7.45. The molecule has 170 valence electrons. The summed E-state index contributed by atoms with van der Waals surface area (Å²) in [5, 5.41) is 0.500. The second-order valence-corrected chi connectivity index (χ2v) is 7.89. The van der Waals surface area contributed by atoms with Crippen LogP contribution in [0.15, 0.2) is 48.8 Å². The molecule has 0 spiro atoms. The van der Waals surface area contributed by atoms with Crippen molar-refractivity contribution in [3.63, 3.8) is 0 Å². The molecular weight excluding hydrogens is 450 g/mol. The zero-order chi connectivity index (χ0) is 23.4. The maximum atomic E-state index is 14.1. The van der Waals surface area contributed by atoms with Crippen molar-refractivity contribution < 1.29 is 23.0 Å². The van der Waals surface area contributed by atoms with Gasteiger partial charge in [0.05, 0.1) is 30.3 Å². The van der Waals surface area contributed by atoms with Gasteiger partial charge in [-0.1, -0.05) is 17.7 Å². The summed E-state index contributed by atoms with van der Waals surface area (Å²) in [6, 6.07) is 8.80. The summed E-state index contributed by atoms with van der Waals surface area (Å²) >= 11 is 6.27. The quantitative estimate of drug-likeness (QED) is 0.381. The first-order valence-corrected chi connectivity index (χ1v) is 10.9. The van der Waals surface area contributed by atoms with E-state index < -0.39 is 17.6 Å². The van der Waals surface area contributed by atoms with E-state index >= 15 is 0 Å². The third-order valence-electron chi connectivity index (χ3n) is 5.35. The van der Waals surface area contributed by atoms with Crippen LogP contribution in [-0.2, 0) is 11.3 Å². The van der Waals surface area contributed by atoms with Crippen molar-refractivity contribution >= 4 is 28.7 Å². The largest absolute Gasteiger partial charge is 0.488 e. The van der Waals surface area contributed by atoms with E-state index in [1.165, 1.54) is 24.4 Å². The van der Waals surface area contributed by atoms with E-state index in [0.29, 0.717) is 16.5 Å². The fourth-order valence-corrected chi connectivity index (χ4v) is 3.99. The molecule has 0 atom stereocenters. The van der Waals surface area contributed by atoms with Crippen molar-refractivity contribution in [2.45, 2.75) is 32.8 Å². The number of carbonyl (C=O) groups is 1. The van der Waals surface area contributed by atoms with E-state index in [-0.39, 0.29) is 24.5 Å². The highest BCUT2D eigenvalue weighted by Gasteiger charge is 2.23. The summed E-state index contributed by atoms with van der Waals surface area (Å²) in [5.74, 6) is -1.42. The Morgan fingerprint density at radius 1 is 1.09 bits per heavy atom. The van der Waals surface area contributed by atoms with Crippen molar-refractivity contribution in [1.82, 2.24) is 9.97 Å². The molecule has 1 aliphatic rings. The Hall–Kier alpha value is -3.32. The number of aromatic nitrogens is 2. The van der Waals surface area contributed by atoms with E-state index in [2.05, 4.69) is 9.97 Å². The number of hydrogen-bond acceptors (Lipinski definition) is 5. The SMILES string of the molecule is CCOC(=O)c1cncc(C2=C(c3cc(Cl)ccc3OCc3c(F)cccc3F)CCC2)n1. The third kappa shape index (κ3) is 5.03. The number of halogens is 3. The lowest BCUT2D eigenvalue weighted by molar-refractivity contribution is 0.0518. The van der Waals surface area contributed by atoms with Gasteiger partial charge in [-0.15, -0.1) is 0 Å². The first-order chi connectivity index (χ1) is 16.0. The van der Waals surface area contributed by atoms with Gasteiger partial charge in [-0.05, 0) is 67.7 Å². The summed E-state index contributed by atoms with van der Waals surface area (Å²) in [6.45, 7) is 1.69. The van der Waals surface area contributed by atoms with Gasteiger partial charge in [0.2, 0.25) is 0 Å². The molecule has 1 aromatic heterocycles. The third-order valence-corrected chi connectivity index (χ3v) is 5.58. The number of carbonyl (C=O) groups excluding carboxylic acids is 1. The molecule has 0 radical (unpaired) electrons. The van der Waals surface area contributed by atoms with Crippen LogP contribution >= 0.6 is 11.6 Å². The molecule has 33 heavy (non-hydrogen) atoms. The van der Waals surface area contributed by atoms with Gasteiger partial charge in [0.25, 0.3) is 0 Å². The monoisotopic (exact) mass is 470 g/mol. The maximum Gasteiger partial charge on any atom is 0.358 e. The first-order valence-electron chi connectivity index (χ1n) is 10.5. The lowest BCUT2D eigenvalue weighted by atomic mass is 9.99. The molecule has 0 fully saturated rings. The van der Waals surface area contributed by atoms with Crippen LogP contribution in [0.4, 0.5) is 8.78 Å². The molecule has 0 bridgehead atoms. The highest BCUT2D eigenvalue weighted by Crippen LogP contribution is 2.43. The Morgan fingerprint density at radius 3 is 2.61 bits per heavy atom. The maximum absolute atomic E-state index is 14.1. The van der Waals surface area contributed by atoms with E-state index in [0.717, 1.165) is 36.0 Å². The summed E-state index contributed by atoms with van der Waals surface area (Å²) in [7, 11) is 0. The minimum absolute atomic E-state index is 0.130. The Morgan fingerprint density at radius 2 is 1.85 bits per heavy atom. The topological polar surface area (TPSA) is 61.3 Å². The number of nitrogens with zero attached hydrogens (tertiary/aromatic N) is 2. The fourth-order valence-electron chi connectivity index (χ4n) is 3.82. The smallest absolute Gasteiger partial charge is 0.358 e. The van der Waals surface area contributed by atoms with Gasteiger partial charge in [0, 0.05) is 10.6 Å². The summed E-state index contributed by atoms with van der Waals surface area (Å²) in [6.07, 6.45) is 5.29. The lowest BCUT2D eigenvalue weighted by Gasteiger charge is -2.15. The van der Waals surface area contributed by atoms with Crippen molar-refractivity contribution in [3.05, 3.63) is 88.0 Å². The first kappa shape index (κ1) is 22.9. The van der Waals surface area contributed by atoms with E-state index in [1.54, 1.807) is 31.3 Å². The Kier molecular flexibility index (Phi) is 6.99. The molecule has 1 aliphatic carbocycles. The standard InChI is InChI=1S/C25H21ClF2N2O3/c1-2-32-25(31)23-13-29-12-22(30-23)17-6-3-5-16(17)18-11-15(26)9-10-24(18)33-14-19-20(27)7-4-8-21(19)28/h4,7-13H,2-3,5-6,14H2,1H3. The van der Waals surface area contributed by atoms with E-state index in [4.69, 9.17) is 21.1 Å². The van der Waals surface area contributed by atoms with Gasteiger partial charge in [0.15, 0.2) is 5.69 Å². The van der Waals surface area contributed by atoms with Crippen molar-refractivity contribution in [2.24, 2.45) is 0 Å². The Balaban J connectivity index is 1.71. The fraction of sp³-hybridized carbons (Fsp3) is 0.240. The molecule has 3 aromatic rings. The van der Waals surface area contributed by atoms with Crippen LogP contribution in [0, 0.1) is 11.6 Å². The van der Waals surface area contributed by atoms with E-state index in [1.807, 2.05) is 0 Å². The summed E-state index contributed by atoms with van der Waals surface area (Å²) in [4.78, 5) is 20.7. The molecule has 0 unspecified atom stereocenters. The van der Waals surface area contributed by atoms with Crippen LogP contribution in [0.1, 0.15) is 53.5 Å². The normalized spacial score (nSPS) is 13.3. The Bertz CT molecular complexity index is 1210. The van der Waals surface area contributed by atoms with Gasteiger partial charge in [-0.25, -0.2) is 18.6 Å². The molecule has 0 amide bonds. The van der Waals surface area contributed by atoms with Crippen LogP contribution < -0.4 is 4.74 Å². The molecule has 4 rings (SSSR count). The van der Waals surface area contributed by atoms with Gasteiger partial charge in [-0.3, -0.25) is 4.98 Å². The van der Waals surface area contributed by atoms with Crippen molar-refractivity contribution in [1.29, 1.82) is 0 Å².